The highest BCUT2D eigenvalue weighted by molar-refractivity contribution is 5.70. The van der Waals surface area contributed by atoms with Crippen molar-refractivity contribution < 1.29 is 5.03 Å². The van der Waals surface area contributed by atoms with Gasteiger partial charge in [0, 0.05) is 0 Å². The van der Waals surface area contributed by atoms with E-state index in [1.54, 1.807) is 24.3 Å². The summed E-state index contributed by atoms with van der Waals surface area (Å²) < 4.78 is 0. The first kappa shape index (κ1) is 6.71. The van der Waals surface area contributed by atoms with Crippen LogP contribution in [0.4, 0.5) is 11.4 Å². The number of para-hydroxylation sites is 2. The predicted octanol–water partition coefficient (Wildman–Crippen LogP) is 0.848. The summed E-state index contributed by atoms with van der Waals surface area (Å²) in [5, 5.41) is 10.4. The van der Waals surface area contributed by atoms with Crippen molar-refractivity contribution in [1.29, 1.82) is 0 Å². The van der Waals surface area contributed by atoms with Crippen LogP contribution in [0.3, 0.4) is 0 Å². The fourth-order valence-electron chi connectivity index (χ4n) is 1.02. The van der Waals surface area contributed by atoms with Gasteiger partial charge in [0.05, 0.1) is 16.6 Å². The molecule has 1 heterocycles. The number of hydrogen-bond donors (Lipinski definition) is 2. The number of nitrogens with one attached hydrogen (secondary N) is 2. The zero-order valence-electron chi connectivity index (χ0n) is 6.02. The SMILES string of the molecule is O=[N+]([O-])N1Nc2ccccc2N1. The van der Waals surface area contributed by atoms with Gasteiger partial charge in [-0.2, -0.15) is 0 Å². The molecule has 0 aliphatic carbocycles. The smallest absolute Gasteiger partial charge is 0.203 e. The summed E-state index contributed by atoms with van der Waals surface area (Å²) in [5.74, 6) is 0. The van der Waals surface area contributed by atoms with Crippen molar-refractivity contribution in [3.8, 4) is 0 Å². The van der Waals surface area contributed by atoms with Crippen molar-refractivity contribution in [2.45, 2.75) is 0 Å². The van der Waals surface area contributed by atoms with E-state index in [-0.39, 0.29) is 0 Å². The summed E-state index contributed by atoms with van der Waals surface area (Å²) >= 11 is 0. The van der Waals surface area contributed by atoms with E-state index in [0.717, 1.165) is 0 Å². The van der Waals surface area contributed by atoms with E-state index in [2.05, 4.69) is 10.9 Å². The molecule has 1 aliphatic heterocycles. The van der Waals surface area contributed by atoms with Gasteiger partial charge in [-0.15, -0.1) is 0 Å². The first-order valence-electron chi connectivity index (χ1n) is 3.34. The average Bonchev–Trinajstić information content (AvgIpc) is 2.46. The van der Waals surface area contributed by atoms with Crippen LogP contribution in [0, 0.1) is 10.1 Å². The van der Waals surface area contributed by atoms with E-state index < -0.39 is 5.03 Å². The Kier molecular flexibility index (Phi) is 1.26. The Balaban J connectivity index is 2.27. The number of fused-ring (bicyclic) bond motifs is 1. The zero-order chi connectivity index (χ0) is 8.55. The van der Waals surface area contributed by atoms with Crippen LogP contribution in [0.2, 0.25) is 0 Å². The van der Waals surface area contributed by atoms with Crippen LogP contribution >= 0.6 is 0 Å². The molecule has 0 spiro atoms. The molecule has 1 aliphatic rings. The molecule has 6 heteroatoms. The minimum atomic E-state index is -0.569. The van der Waals surface area contributed by atoms with Crippen LogP contribution in [-0.4, -0.2) is 10.3 Å². The summed E-state index contributed by atoms with van der Waals surface area (Å²) in [7, 11) is 0. The third-order valence-electron chi connectivity index (χ3n) is 1.54. The molecular weight excluding hydrogens is 160 g/mol. The maximum absolute atomic E-state index is 10.3. The molecule has 0 unspecified atom stereocenters. The Morgan fingerprint density at radius 2 is 1.75 bits per heavy atom. The maximum atomic E-state index is 10.3. The number of nitro groups is 1. The fourth-order valence-corrected chi connectivity index (χ4v) is 1.02. The first-order valence-corrected chi connectivity index (χ1v) is 3.34. The van der Waals surface area contributed by atoms with Crippen molar-refractivity contribution in [3.63, 3.8) is 0 Å². The predicted molar refractivity (Wildman–Crippen MR) is 42.5 cm³/mol. The Morgan fingerprint density at radius 1 is 1.25 bits per heavy atom. The number of hydrogen-bond acceptors (Lipinski definition) is 4. The number of anilines is 2. The zero-order valence-corrected chi connectivity index (χ0v) is 6.02. The van der Waals surface area contributed by atoms with Gasteiger partial charge in [-0.1, -0.05) is 12.1 Å². The molecule has 12 heavy (non-hydrogen) atoms. The van der Waals surface area contributed by atoms with Crippen molar-refractivity contribution in [2.75, 3.05) is 10.9 Å². The Morgan fingerprint density at radius 3 is 2.17 bits per heavy atom. The lowest BCUT2D eigenvalue weighted by Crippen LogP contribution is -2.35. The third-order valence-corrected chi connectivity index (χ3v) is 1.54. The van der Waals surface area contributed by atoms with Crippen LogP contribution in [0.25, 0.3) is 0 Å². The molecule has 62 valence electrons. The van der Waals surface area contributed by atoms with E-state index >= 15 is 0 Å². The monoisotopic (exact) mass is 166 g/mol. The molecule has 1 aromatic rings. The normalized spacial score (nSPS) is 13.2. The number of benzene rings is 1. The summed E-state index contributed by atoms with van der Waals surface area (Å²) in [6, 6.07) is 7.12. The molecule has 2 N–H and O–H groups in total. The van der Waals surface area contributed by atoms with Gasteiger partial charge in [-0.3, -0.25) is 0 Å². The second-order valence-electron chi connectivity index (χ2n) is 2.32. The topological polar surface area (TPSA) is 70.4 Å². The van der Waals surface area contributed by atoms with Gasteiger partial charge in [-0.25, -0.2) is 21.0 Å². The van der Waals surface area contributed by atoms with Crippen LogP contribution in [0.15, 0.2) is 24.3 Å². The van der Waals surface area contributed by atoms with Crippen LogP contribution in [0.1, 0.15) is 0 Å². The quantitative estimate of drug-likeness (QED) is 0.478. The standard InChI is InChI=1S/C6H6N4O2/c11-10(12)9-7-5-3-1-2-4-6(5)8-9/h1-4,7-8H. The molecule has 0 radical (unpaired) electrons. The maximum Gasteiger partial charge on any atom is 0.203 e. The molecule has 6 nitrogen and oxygen atoms in total. The van der Waals surface area contributed by atoms with Crippen LogP contribution in [0.5, 0.6) is 0 Å². The highest BCUT2D eigenvalue weighted by Crippen LogP contribution is 2.26. The summed E-state index contributed by atoms with van der Waals surface area (Å²) in [6.45, 7) is 0. The van der Waals surface area contributed by atoms with Gasteiger partial charge >= 0.3 is 0 Å². The van der Waals surface area contributed by atoms with E-state index in [1.807, 2.05) is 0 Å². The van der Waals surface area contributed by atoms with Crippen molar-refractivity contribution in [1.82, 2.24) is 5.23 Å². The summed E-state index contributed by atoms with van der Waals surface area (Å²) in [6.07, 6.45) is 0. The van der Waals surface area contributed by atoms with Gasteiger partial charge in [0.15, 0.2) is 0 Å². The van der Waals surface area contributed by atoms with E-state index in [9.17, 15) is 10.1 Å². The van der Waals surface area contributed by atoms with Crippen LogP contribution in [-0.2, 0) is 0 Å². The molecule has 2 rings (SSSR count). The number of hydrazine groups is 3. The first-order chi connectivity index (χ1) is 5.77. The molecule has 0 bridgehead atoms. The molecule has 0 amide bonds. The molecular formula is C6H6N4O2. The van der Waals surface area contributed by atoms with Gasteiger partial charge < -0.3 is 0 Å². The summed E-state index contributed by atoms with van der Waals surface area (Å²) in [4.78, 5) is 10.3. The Bertz CT molecular complexity index is 302. The highest BCUT2D eigenvalue weighted by atomic mass is 16.7. The Hall–Kier alpha value is -1.98. The van der Waals surface area contributed by atoms with Gasteiger partial charge in [0.25, 0.3) is 0 Å². The molecule has 0 atom stereocenters. The highest BCUT2D eigenvalue weighted by Gasteiger charge is 2.23. The van der Waals surface area contributed by atoms with Crippen molar-refractivity contribution in [2.24, 2.45) is 0 Å². The average molecular weight is 166 g/mol. The van der Waals surface area contributed by atoms with Gasteiger partial charge in [-0.05, 0) is 12.1 Å². The second kappa shape index (κ2) is 2.26. The minimum absolute atomic E-state index is 0.569. The van der Waals surface area contributed by atoms with E-state index in [0.29, 0.717) is 16.6 Å². The third kappa shape index (κ3) is 0.895. The van der Waals surface area contributed by atoms with E-state index in [1.165, 1.54) is 0 Å². The second-order valence-corrected chi connectivity index (χ2v) is 2.32. The molecule has 0 fully saturated rings. The Labute approximate surface area is 67.8 Å². The van der Waals surface area contributed by atoms with E-state index in [4.69, 9.17) is 0 Å². The molecule has 0 saturated carbocycles. The lowest BCUT2D eigenvalue weighted by molar-refractivity contribution is -0.640. The molecule has 0 aromatic heterocycles. The van der Waals surface area contributed by atoms with Crippen LogP contribution < -0.4 is 10.9 Å². The number of nitrogens with zero attached hydrogens (tertiary/aromatic N) is 2. The molecule has 0 saturated heterocycles. The largest absolute Gasteiger partial charge is 0.232 e. The lowest BCUT2D eigenvalue weighted by atomic mass is 10.3. The number of rotatable bonds is 1. The molecule has 1 aromatic carbocycles. The lowest BCUT2D eigenvalue weighted by Gasteiger charge is -2.04. The van der Waals surface area contributed by atoms with Crippen molar-refractivity contribution in [3.05, 3.63) is 34.4 Å². The minimum Gasteiger partial charge on any atom is -0.232 e. The van der Waals surface area contributed by atoms with Crippen molar-refractivity contribution >= 4 is 11.4 Å². The van der Waals surface area contributed by atoms with Gasteiger partial charge in [0.1, 0.15) is 0 Å². The fraction of sp³-hybridized carbons (Fsp3) is 0. The van der Waals surface area contributed by atoms with Gasteiger partial charge in [0.2, 0.25) is 5.03 Å². The summed E-state index contributed by atoms with van der Waals surface area (Å²) in [5.41, 5.74) is 6.52.